The van der Waals surface area contributed by atoms with Gasteiger partial charge in [-0.15, -0.1) is 0 Å². The molecule has 2 rings (SSSR count). The van der Waals surface area contributed by atoms with Crippen molar-refractivity contribution in [3.8, 4) is 0 Å². The Kier molecular flexibility index (Phi) is 3.19. The molecule has 0 unspecified atom stereocenters. The average molecular weight is 253 g/mol. The van der Waals surface area contributed by atoms with Gasteiger partial charge in [0.1, 0.15) is 5.82 Å². The van der Waals surface area contributed by atoms with Crippen LogP contribution in [0.3, 0.4) is 0 Å². The first-order valence-electron chi connectivity index (χ1n) is 6.46. The highest BCUT2D eigenvalue weighted by Crippen LogP contribution is 2.68. The first kappa shape index (κ1) is 12.8. The van der Waals surface area contributed by atoms with Gasteiger partial charge < -0.3 is 5.32 Å². The molecule has 1 fully saturated rings. The maximum atomic E-state index is 4.49. The van der Waals surface area contributed by atoms with Crippen LogP contribution in [0.4, 0.5) is 5.13 Å². The second-order valence-electron chi connectivity index (χ2n) is 6.14. The van der Waals surface area contributed by atoms with E-state index in [1.165, 1.54) is 11.5 Å². The van der Waals surface area contributed by atoms with Crippen molar-refractivity contribution in [1.82, 2.24) is 9.36 Å². The summed E-state index contributed by atoms with van der Waals surface area (Å²) in [7, 11) is 0. The van der Waals surface area contributed by atoms with Crippen LogP contribution in [0, 0.1) is 16.7 Å². The lowest BCUT2D eigenvalue weighted by molar-refractivity contribution is 0.457. The lowest BCUT2D eigenvalue weighted by Gasteiger charge is -2.04. The zero-order valence-electron chi connectivity index (χ0n) is 11.5. The van der Waals surface area contributed by atoms with Gasteiger partial charge in [0, 0.05) is 24.5 Å². The summed E-state index contributed by atoms with van der Waals surface area (Å²) in [5, 5.41) is 4.42. The molecule has 1 aliphatic rings. The highest BCUT2D eigenvalue weighted by Gasteiger charge is 2.64. The number of aromatic nitrogens is 2. The molecule has 0 aromatic carbocycles. The summed E-state index contributed by atoms with van der Waals surface area (Å²) in [6.07, 6.45) is 2.09. The van der Waals surface area contributed by atoms with Crippen molar-refractivity contribution >= 4 is 16.7 Å². The molecule has 0 radical (unpaired) electrons. The van der Waals surface area contributed by atoms with Gasteiger partial charge in [0.25, 0.3) is 0 Å². The molecule has 1 aromatic rings. The normalized spacial score (nSPS) is 21.5. The summed E-state index contributed by atoms with van der Waals surface area (Å²) in [6.45, 7) is 12.6. The van der Waals surface area contributed by atoms with Gasteiger partial charge in [-0.1, -0.05) is 34.6 Å². The average Bonchev–Trinajstić information content (AvgIpc) is 2.59. The molecule has 17 heavy (non-hydrogen) atoms. The van der Waals surface area contributed by atoms with Crippen molar-refractivity contribution in [2.75, 3.05) is 11.9 Å². The number of aryl methyl sites for hydroxylation is 1. The van der Waals surface area contributed by atoms with Crippen molar-refractivity contribution in [3.63, 3.8) is 0 Å². The van der Waals surface area contributed by atoms with Crippen LogP contribution in [0.5, 0.6) is 0 Å². The van der Waals surface area contributed by atoms with E-state index >= 15 is 0 Å². The fraction of sp³-hybridized carbons (Fsp3) is 0.846. The van der Waals surface area contributed by atoms with Crippen LogP contribution in [0.1, 0.15) is 46.9 Å². The van der Waals surface area contributed by atoms with E-state index in [9.17, 15) is 0 Å². The quantitative estimate of drug-likeness (QED) is 0.871. The molecule has 1 heterocycles. The molecule has 0 spiro atoms. The second-order valence-corrected chi connectivity index (χ2v) is 6.89. The Morgan fingerprint density at radius 1 is 1.24 bits per heavy atom. The molecule has 0 saturated heterocycles. The third kappa shape index (κ3) is 2.19. The Bertz CT molecular complexity index is 381. The Hall–Kier alpha value is -0.640. The fourth-order valence-corrected chi connectivity index (χ4v) is 3.30. The van der Waals surface area contributed by atoms with Crippen molar-refractivity contribution in [2.24, 2.45) is 16.7 Å². The van der Waals surface area contributed by atoms with Crippen molar-refractivity contribution in [2.45, 2.75) is 47.5 Å². The minimum Gasteiger partial charge on any atom is -0.360 e. The standard InChI is InChI=1S/C13H23N3S/c1-6-7-10-15-11(17-16-10)14-8-9-12(2,3)13(9,4)5/h9H,6-8H2,1-5H3,(H,14,15,16). The summed E-state index contributed by atoms with van der Waals surface area (Å²) in [4.78, 5) is 4.49. The minimum atomic E-state index is 0.441. The van der Waals surface area contributed by atoms with Gasteiger partial charge in [0.2, 0.25) is 5.13 Å². The molecule has 1 N–H and O–H groups in total. The van der Waals surface area contributed by atoms with E-state index < -0.39 is 0 Å². The maximum absolute atomic E-state index is 4.49. The van der Waals surface area contributed by atoms with E-state index in [1.807, 2.05) is 0 Å². The highest BCUT2D eigenvalue weighted by atomic mass is 32.1. The van der Waals surface area contributed by atoms with Crippen LogP contribution < -0.4 is 5.32 Å². The van der Waals surface area contributed by atoms with Crippen molar-refractivity contribution in [1.29, 1.82) is 0 Å². The molecule has 0 atom stereocenters. The number of hydrogen-bond acceptors (Lipinski definition) is 4. The van der Waals surface area contributed by atoms with Gasteiger partial charge in [0.15, 0.2) is 0 Å². The molecule has 96 valence electrons. The van der Waals surface area contributed by atoms with E-state index in [4.69, 9.17) is 0 Å². The summed E-state index contributed by atoms with van der Waals surface area (Å²) < 4.78 is 4.35. The summed E-state index contributed by atoms with van der Waals surface area (Å²) in [6, 6.07) is 0. The molecule has 1 aliphatic carbocycles. The monoisotopic (exact) mass is 253 g/mol. The van der Waals surface area contributed by atoms with E-state index in [0.717, 1.165) is 36.3 Å². The lowest BCUT2D eigenvalue weighted by Crippen LogP contribution is -2.07. The van der Waals surface area contributed by atoms with Gasteiger partial charge in [-0.05, 0) is 23.2 Å². The summed E-state index contributed by atoms with van der Waals surface area (Å²) in [5.74, 6) is 1.71. The molecule has 1 aromatic heterocycles. The zero-order chi connectivity index (χ0) is 12.7. The molecule has 0 bridgehead atoms. The van der Waals surface area contributed by atoms with Gasteiger partial charge >= 0.3 is 0 Å². The van der Waals surface area contributed by atoms with E-state index in [0.29, 0.717) is 10.8 Å². The predicted molar refractivity (Wildman–Crippen MR) is 73.4 cm³/mol. The van der Waals surface area contributed by atoms with Crippen LogP contribution in [0.25, 0.3) is 0 Å². The van der Waals surface area contributed by atoms with Gasteiger partial charge in [-0.3, -0.25) is 0 Å². The molecule has 3 nitrogen and oxygen atoms in total. The maximum Gasteiger partial charge on any atom is 0.202 e. The van der Waals surface area contributed by atoms with Gasteiger partial charge in [0.05, 0.1) is 0 Å². The SMILES string of the molecule is CCCc1nsc(NCC2C(C)(C)C2(C)C)n1. The van der Waals surface area contributed by atoms with Gasteiger partial charge in [-0.2, -0.15) is 4.37 Å². The second kappa shape index (κ2) is 4.23. The molecular formula is C13H23N3S. The molecular weight excluding hydrogens is 230 g/mol. The molecule has 0 aliphatic heterocycles. The highest BCUT2D eigenvalue weighted by molar-refractivity contribution is 7.09. The van der Waals surface area contributed by atoms with Crippen molar-refractivity contribution in [3.05, 3.63) is 5.82 Å². The number of nitrogens with one attached hydrogen (secondary N) is 1. The van der Waals surface area contributed by atoms with Gasteiger partial charge in [-0.25, -0.2) is 4.98 Å². The largest absolute Gasteiger partial charge is 0.360 e. The van der Waals surface area contributed by atoms with Crippen LogP contribution in [-0.2, 0) is 6.42 Å². The predicted octanol–water partition coefficient (Wildman–Crippen LogP) is 3.58. The molecule has 1 saturated carbocycles. The summed E-state index contributed by atoms with van der Waals surface area (Å²) in [5.41, 5.74) is 0.883. The van der Waals surface area contributed by atoms with E-state index in [1.54, 1.807) is 0 Å². The smallest absolute Gasteiger partial charge is 0.202 e. The first-order chi connectivity index (χ1) is 7.89. The third-order valence-corrected chi connectivity index (χ3v) is 5.43. The lowest BCUT2D eigenvalue weighted by atomic mass is 10.0. The Balaban J connectivity index is 1.87. The number of hydrogen-bond donors (Lipinski definition) is 1. The molecule has 4 heteroatoms. The fourth-order valence-electron chi connectivity index (χ4n) is 2.68. The zero-order valence-corrected chi connectivity index (χ0v) is 12.3. The third-order valence-electron chi connectivity index (χ3n) is 4.72. The van der Waals surface area contributed by atoms with Crippen LogP contribution in [-0.4, -0.2) is 15.9 Å². The van der Waals surface area contributed by atoms with Crippen LogP contribution in [0.15, 0.2) is 0 Å². The van der Waals surface area contributed by atoms with Crippen molar-refractivity contribution < 1.29 is 0 Å². The van der Waals surface area contributed by atoms with E-state index in [2.05, 4.69) is 49.3 Å². The minimum absolute atomic E-state index is 0.441. The Morgan fingerprint density at radius 3 is 2.41 bits per heavy atom. The number of rotatable bonds is 5. The summed E-state index contributed by atoms with van der Waals surface area (Å²) >= 11 is 1.49. The Morgan fingerprint density at radius 2 is 1.88 bits per heavy atom. The van der Waals surface area contributed by atoms with E-state index in [-0.39, 0.29) is 0 Å². The van der Waals surface area contributed by atoms with Crippen LogP contribution >= 0.6 is 11.5 Å². The first-order valence-corrected chi connectivity index (χ1v) is 7.23. The molecule has 0 amide bonds. The topological polar surface area (TPSA) is 37.8 Å². The Labute approximate surface area is 108 Å². The number of anilines is 1. The van der Waals surface area contributed by atoms with Crippen LogP contribution in [0.2, 0.25) is 0 Å². The number of nitrogens with zero attached hydrogens (tertiary/aromatic N) is 2.